The predicted molar refractivity (Wildman–Crippen MR) is 70.6 cm³/mol. The summed E-state index contributed by atoms with van der Waals surface area (Å²) in [4.78, 5) is 8.32. The van der Waals surface area contributed by atoms with Gasteiger partial charge in [0.1, 0.15) is 5.02 Å². The van der Waals surface area contributed by atoms with E-state index in [9.17, 15) is 5.11 Å². The lowest BCUT2D eigenvalue weighted by Gasteiger charge is -2.17. The van der Waals surface area contributed by atoms with Crippen LogP contribution in [0.25, 0.3) is 0 Å². The molecule has 0 aromatic carbocycles. The summed E-state index contributed by atoms with van der Waals surface area (Å²) in [7, 11) is 0. The number of halogens is 1. The quantitative estimate of drug-likeness (QED) is 0.729. The van der Waals surface area contributed by atoms with Crippen LogP contribution in [0.15, 0.2) is 6.20 Å². The van der Waals surface area contributed by atoms with E-state index in [1.54, 1.807) is 13.1 Å². The van der Waals surface area contributed by atoms with E-state index in [2.05, 4.69) is 20.6 Å². The van der Waals surface area contributed by atoms with Crippen LogP contribution in [0.2, 0.25) is 5.02 Å². The monoisotopic (exact) mass is 258 g/mol. The Balaban J connectivity index is 2.71. The average molecular weight is 259 g/mol. The van der Waals surface area contributed by atoms with Crippen LogP contribution in [0, 0.1) is 0 Å². The van der Waals surface area contributed by atoms with Gasteiger partial charge in [-0.2, -0.15) is 4.98 Å². The molecule has 1 aromatic rings. The zero-order valence-electron chi connectivity index (χ0n) is 10.4. The smallest absolute Gasteiger partial charge is 0.224 e. The topological polar surface area (TPSA) is 70.1 Å². The molecular formula is C11H19ClN4O. The second kappa shape index (κ2) is 6.61. The van der Waals surface area contributed by atoms with Crippen molar-refractivity contribution >= 4 is 23.4 Å². The van der Waals surface area contributed by atoms with E-state index in [0.717, 1.165) is 6.54 Å². The van der Waals surface area contributed by atoms with Gasteiger partial charge in [0.05, 0.1) is 12.3 Å². The Morgan fingerprint density at radius 1 is 1.47 bits per heavy atom. The first-order valence-electron chi connectivity index (χ1n) is 5.74. The molecule has 0 aliphatic heterocycles. The number of hydrogen-bond donors (Lipinski definition) is 3. The fourth-order valence-electron chi connectivity index (χ4n) is 1.52. The minimum absolute atomic E-state index is 0.0943. The fourth-order valence-corrected chi connectivity index (χ4v) is 1.66. The number of nitrogens with zero attached hydrogens (tertiary/aromatic N) is 2. The van der Waals surface area contributed by atoms with Crippen LogP contribution in [-0.2, 0) is 0 Å². The third kappa shape index (κ3) is 4.75. The van der Waals surface area contributed by atoms with Gasteiger partial charge in [0.15, 0.2) is 5.82 Å². The molecule has 5 nitrogen and oxygen atoms in total. The van der Waals surface area contributed by atoms with Gasteiger partial charge in [0.2, 0.25) is 5.95 Å². The molecule has 1 rings (SSSR count). The zero-order valence-corrected chi connectivity index (χ0v) is 11.1. The highest BCUT2D eigenvalue weighted by Gasteiger charge is 2.10. The van der Waals surface area contributed by atoms with Gasteiger partial charge in [-0.1, -0.05) is 11.6 Å². The first kappa shape index (κ1) is 14.0. The van der Waals surface area contributed by atoms with Crippen molar-refractivity contribution in [3.05, 3.63) is 11.2 Å². The Hall–Kier alpha value is -1.07. The molecule has 0 saturated heterocycles. The van der Waals surface area contributed by atoms with E-state index >= 15 is 0 Å². The summed E-state index contributed by atoms with van der Waals surface area (Å²) in [5, 5.41) is 15.9. The molecule has 2 atom stereocenters. The largest absolute Gasteiger partial charge is 0.393 e. The van der Waals surface area contributed by atoms with Gasteiger partial charge < -0.3 is 15.7 Å². The van der Waals surface area contributed by atoms with Crippen molar-refractivity contribution in [3.8, 4) is 0 Å². The Labute approximate surface area is 107 Å². The molecule has 0 aliphatic carbocycles. The van der Waals surface area contributed by atoms with Crippen molar-refractivity contribution < 1.29 is 5.11 Å². The molecule has 0 radical (unpaired) electrons. The molecule has 0 spiro atoms. The molecule has 0 amide bonds. The third-order valence-electron chi connectivity index (χ3n) is 2.16. The highest BCUT2D eigenvalue weighted by Crippen LogP contribution is 2.20. The maximum atomic E-state index is 9.29. The number of hydrogen-bond acceptors (Lipinski definition) is 5. The van der Waals surface area contributed by atoms with Gasteiger partial charge >= 0.3 is 0 Å². The number of aromatic nitrogens is 2. The normalized spacial score (nSPS) is 14.2. The molecule has 1 aromatic heterocycles. The molecule has 2 unspecified atom stereocenters. The summed E-state index contributed by atoms with van der Waals surface area (Å²) < 4.78 is 0. The van der Waals surface area contributed by atoms with Crippen molar-refractivity contribution in [2.24, 2.45) is 0 Å². The van der Waals surface area contributed by atoms with E-state index in [4.69, 9.17) is 11.6 Å². The lowest BCUT2D eigenvalue weighted by Crippen LogP contribution is -2.21. The maximum absolute atomic E-state index is 9.29. The third-order valence-corrected chi connectivity index (χ3v) is 2.43. The number of aliphatic hydroxyl groups is 1. The van der Waals surface area contributed by atoms with Crippen LogP contribution >= 0.6 is 11.6 Å². The molecule has 6 heteroatoms. The van der Waals surface area contributed by atoms with Gasteiger partial charge in [0.25, 0.3) is 0 Å². The molecule has 1 heterocycles. The molecule has 0 saturated carbocycles. The van der Waals surface area contributed by atoms with E-state index in [1.807, 2.05) is 13.8 Å². The maximum Gasteiger partial charge on any atom is 0.224 e. The SMILES string of the molecule is CCNc1ncc(Cl)c(NC(C)CC(C)O)n1. The Morgan fingerprint density at radius 2 is 2.18 bits per heavy atom. The molecule has 17 heavy (non-hydrogen) atoms. The number of rotatable bonds is 6. The minimum Gasteiger partial charge on any atom is -0.393 e. The van der Waals surface area contributed by atoms with Gasteiger partial charge in [-0.05, 0) is 27.2 Å². The van der Waals surface area contributed by atoms with Crippen LogP contribution in [-0.4, -0.2) is 33.8 Å². The summed E-state index contributed by atoms with van der Waals surface area (Å²) in [6.45, 7) is 6.45. The molecule has 0 aliphatic rings. The van der Waals surface area contributed by atoms with E-state index < -0.39 is 0 Å². The Bertz CT molecular complexity index is 359. The van der Waals surface area contributed by atoms with Crippen molar-refractivity contribution in [2.45, 2.75) is 39.3 Å². The van der Waals surface area contributed by atoms with Crippen LogP contribution < -0.4 is 10.6 Å². The molecular weight excluding hydrogens is 240 g/mol. The number of aliphatic hydroxyl groups excluding tert-OH is 1. The van der Waals surface area contributed by atoms with Gasteiger partial charge in [-0.3, -0.25) is 0 Å². The highest BCUT2D eigenvalue weighted by molar-refractivity contribution is 6.32. The standard InChI is InChI=1S/C11H19ClN4O/c1-4-13-11-14-6-9(12)10(16-11)15-7(2)5-8(3)17/h6-8,17H,4-5H2,1-3H3,(H2,13,14,15,16). The van der Waals surface area contributed by atoms with Crippen LogP contribution in [0.3, 0.4) is 0 Å². The molecule has 3 N–H and O–H groups in total. The van der Waals surface area contributed by atoms with E-state index in [1.165, 1.54) is 0 Å². The highest BCUT2D eigenvalue weighted by atomic mass is 35.5. The first-order chi connectivity index (χ1) is 8.02. The molecule has 0 bridgehead atoms. The Kier molecular flexibility index (Phi) is 5.44. The second-order valence-electron chi connectivity index (χ2n) is 4.05. The summed E-state index contributed by atoms with van der Waals surface area (Å²) in [5.74, 6) is 1.13. The molecule has 0 fully saturated rings. The van der Waals surface area contributed by atoms with Crippen molar-refractivity contribution in [1.82, 2.24) is 9.97 Å². The second-order valence-corrected chi connectivity index (χ2v) is 4.46. The first-order valence-corrected chi connectivity index (χ1v) is 6.11. The van der Waals surface area contributed by atoms with Gasteiger partial charge in [0, 0.05) is 12.6 Å². The van der Waals surface area contributed by atoms with Gasteiger partial charge in [-0.25, -0.2) is 4.98 Å². The van der Waals surface area contributed by atoms with Crippen LogP contribution in [0.5, 0.6) is 0 Å². The van der Waals surface area contributed by atoms with E-state index in [0.29, 0.717) is 23.2 Å². The average Bonchev–Trinajstić information content (AvgIpc) is 2.22. The summed E-state index contributed by atoms with van der Waals surface area (Å²) >= 11 is 6.00. The van der Waals surface area contributed by atoms with Crippen LogP contribution in [0.4, 0.5) is 11.8 Å². The fraction of sp³-hybridized carbons (Fsp3) is 0.636. The van der Waals surface area contributed by atoms with Crippen molar-refractivity contribution in [1.29, 1.82) is 0 Å². The van der Waals surface area contributed by atoms with Crippen LogP contribution in [0.1, 0.15) is 27.2 Å². The lowest BCUT2D eigenvalue weighted by atomic mass is 10.1. The number of anilines is 2. The molecule has 96 valence electrons. The van der Waals surface area contributed by atoms with Gasteiger partial charge in [-0.15, -0.1) is 0 Å². The minimum atomic E-state index is -0.355. The summed E-state index contributed by atoms with van der Waals surface area (Å²) in [5.41, 5.74) is 0. The zero-order chi connectivity index (χ0) is 12.8. The van der Waals surface area contributed by atoms with E-state index in [-0.39, 0.29) is 12.1 Å². The Morgan fingerprint density at radius 3 is 2.76 bits per heavy atom. The van der Waals surface area contributed by atoms with Crippen molar-refractivity contribution in [2.75, 3.05) is 17.2 Å². The lowest BCUT2D eigenvalue weighted by molar-refractivity contribution is 0.179. The predicted octanol–water partition coefficient (Wildman–Crippen LogP) is 2.13. The number of nitrogens with one attached hydrogen (secondary N) is 2. The summed E-state index contributed by atoms with van der Waals surface area (Å²) in [6.07, 6.45) is 1.84. The summed E-state index contributed by atoms with van der Waals surface area (Å²) in [6, 6.07) is 0.0943. The van der Waals surface area contributed by atoms with Crippen molar-refractivity contribution in [3.63, 3.8) is 0 Å².